The van der Waals surface area contributed by atoms with Crippen LogP contribution in [-0.2, 0) is 21.4 Å². The Morgan fingerprint density at radius 3 is 2.38 bits per heavy atom. The summed E-state index contributed by atoms with van der Waals surface area (Å²) >= 11 is 0. The number of benzene rings is 1. The number of methoxy groups -OCH3 is 1. The van der Waals surface area contributed by atoms with Crippen molar-refractivity contribution in [1.29, 1.82) is 0 Å². The lowest BCUT2D eigenvalue weighted by molar-refractivity contribution is 0.0934. The van der Waals surface area contributed by atoms with Gasteiger partial charge >= 0.3 is 0 Å². The van der Waals surface area contributed by atoms with Gasteiger partial charge < -0.3 is 10.1 Å². The van der Waals surface area contributed by atoms with Crippen LogP contribution in [0.15, 0.2) is 23.1 Å². The van der Waals surface area contributed by atoms with E-state index in [1.807, 2.05) is 13.8 Å². The second kappa shape index (κ2) is 7.53. The summed E-state index contributed by atoms with van der Waals surface area (Å²) in [6, 6.07) is 4.36. The van der Waals surface area contributed by atoms with E-state index in [9.17, 15) is 13.2 Å². The van der Waals surface area contributed by atoms with Gasteiger partial charge in [0.05, 0.1) is 11.5 Å². The topological polar surface area (TPSA) is 98.5 Å². The molecule has 0 bridgehead atoms. The lowest BCUT2D eigenvalue weighted by atomic mass is 10.1. The fourth-order valence-corrected chi connectivity index (χ4v) is 2.57. The van der Waals surface area contributed by atoms with Crippen LogP contribution in [-0.4, -0.2) is 27.5 Å². The van der Waals surface area contributed by atoms with Crippen LogP contribution >= 0.6 is 0 Å². The summed E-state index contributed by atoms with van der Waals surface area (Å²) in [7, 11) is -2.38. The number of nitrogens with one attached hydrogen (secondary N) is 1. The van der Waals surface area contributed by atoms with E-state index < -0.39 is 10.0 Å². The Balaban J connectivity index is 3.16. The molecule has 3 N–H and O–H groups in total. The van der Waals surface area contributed by atoms with Gasteiger partial charge in [0.1, 0.15) is 0 Å². The van der Waals surface area contributed by atoms with Crippen LogP contribution in [0.25, 0.3) is 0 Å². The molecule has 7 heteroatoms. The third-order valence-corrected chi connectivity index (χ3v) is 4.08. The Bertz CT molecular complexity index is 595. The molecular weight excluding hydrogens is 292 g/mol. The van der Waals surface area contributed by atoms with Crippen LogP contribution in [0.3, 0.4) is 0 Å². The quantitative estimate of drug-likeness (QED) is 0.794. The molecule has 0 fully saturated rings. The van der Waals surface area contributed by atoms with Gasteiger partial charge in [-0.25, -0.2) is 13.6 Å². The summed E-state index contributed by atoms with van der Waals surface area (Å²) in [5.74, 6) is -0.313. The van der Waals surface area contributed by atoms with Crippen molar-refractivity contribution in [1.82, 2.24) is 5.32 Å². The van der Waals surface area contributed by atoms with Gasteiger partial charge in [0.2, 0.25) is 10.0 Å². The number of carbonyl (C=O) groups excluding carboxylic acids is 1. The number of hydrogen-bond acceptors (Lipinski definition) is 4. The molecule has 0 saturated carbocycles. The minimum atomic E-state index is -3.87. The molecule has 0 spiro atoms. The minimum absolute atomic E-state index is 0.0570. The van der Waals surface area contributed by atoms with E-state index in [1.165, 1.54) is 19.2 Å². The normalized spacial score (nSPS) is 11.7. The number of amides is 1. The van der Waals surface area contributed by atoms with E-state index in [2.05, 4.69) is 5.32 Å². The van der Waals surface area contributed by atoms with Crippen LogP contribution in [0.1, 0.15) is 42.6 Å². The molecule has 0 aliphatic rings. The van der Waals surface area contributed by atoms with Crippen molar-refractivity contribution in [2.45, 2.75) is 44.2 Å². The summed E-state index contributed by atoms with van der Waals surface area (Å²) in [6.45, 7) is 4.16. The van der Waals surface area contributed by atoms with E-state index in [-0.39, 0.29) is 29.0 Å². The molecule has 21 heavy (non-hydrogen) atoms. The summed E-state index contributed by atoms with van der Waals surface area (Å²) in [5.41, 5.74) is 0.846. The summed E-state index contributed by atoms with van der Waals surface area (Å²) < 4.78 is 28.0. The largest absolute Gasteiger partial charge is 0.380 e. The molecule has 0 saturated heterocycles. The third-order valence-electron chi connectivity index (χ3n) is 3.19. The van der Waals surface area contributed by atoms with E-state index in [4.69, 9.17) is 9.88 Å². The monoisotopic (exact) mass is 314 g/mol. The molecule has 0 aromatic heterocycles. The molecule has 0 radical (unpaired) electrons. The van der Waals surface area contributed by atoms with Crippen molar-refractivity contribution < 1.29 is 17.9 Å². The molecule has 1 aromatic rings. The molecule has 6 nitrogen and oxygen atoms in total. The molecule has 1 amide bonds. The first-order chi connectivity index (χ1) is 9.81. The first-order valence-electron chi connectivity index (χ1n) is 6.78. The van der Waals surface area contributed by atoms with Crippen LogP contribution in [0.4, 0.5) is 0 Å². The maximum absolute atomic E-state index is 12.2. The zero-order chi connectivity index (χ0) is 16.0. The Labute approximate surface area is 125 Å². The lowest BCUT2D eigenvalue weighted by Crippen LogP contribution is -2.34. The maximum atomic E-state index is 12.2. The molecule has 0 atom stereocenters. The highest BCUT2D eigenvalue weighted by molar-refractivity contribution is 7.89. The number of primary sulfonamides is 1. The molecule has 118 valence electrons. The summed E-state index contributed by atoms with van der Waals surface area (Å²) in [4.78, 5) is 12.1. The first kappa shape index (κ1) is 17.6. The smallest absolute Gasteiger partial charge is 0.251 e. The molecular formula is C14H22N2O4S. The van der Waals surface area contributed by atoms with Crippen LogP contribution in [0, 0.1) is 0 Å². The zero-order valence-electron chi connectivity index (χ0n) is 12.5. The van der Waals surface area contributed by atoms with Gasteiger partial charge in [-0.2, -0.15) is 0 Å². The zero-order valence-corrected chi connectivity index (χ0v) is 13.4. The fourth-order valence-electron chi connectivity index (χ4n) is 1.97. The predicted molar refractivity (Wildman–Crippen MR) is 80.4 cm³/mol. The molecule has 0 heterocycles. The van der Waals surface area contributed by atoms with Gasteiger partial charge in [0.15, 0.2) is 0 Å². The summed E-state index contributed by atoms with van der Waals surface area (Å²) in [6.07, 6.45) is 1.62. The van der Waals surface area contributed by atoms with Crippen LogP contribution in [0.2, 0.25) is 0 Å². The van der Waals surface area contributed by atoms with Gasteiger partial charge in [-0.15, -0.1) is 0 Å². The number of carbonyl (C=O) groups is 1. The van der Waals surface area contributed by atoms with Crippen molar-refractivity contribution >= 4 is 15.9 Å². The molecule has 0 unspecified atom stereocenters. The van der Waals surface area contributed by atoms with Crippen molar-refractivity contribution in [3.8, 4) is 0 Å². The number of hydrogen-bond donors (Lipinski definition) is 2. The van der Waals surface area contributed by atoms with E-state index >= 15 is 0 Å². The Morgan fingerprint density at radius 1 is 1.29 bits per heavy atom. The Kier molecular flexibility index (Phi) is 6.32. The number of ether oxygens (including phenoxy) is 1. The summed E-state index contributed by atoms with van der Waals surface area (Å²) in [5, 5.41) is 8.01. The SMILES string of the molecule is CCC(CC)NC(=O)c1cc(COC)cc(S(N)(=O)=O)c1. The van der Waals surface area contributed by atoms with Gasteiger partial charge in [0, 0.05) is 18.7 Å². The lowest BCUT2D eigenvalue weighted by Gasteiger charge is -2.15. The van der Waals surface area contributed by atoms with Gasteiger partial charge in [0.25, 0.3) is 5.91 Å². The average Bonchev–Trinajstić information content (AvgIpc) is 2.43. The fraction of sp³-hybridized carbons (Fsp3) is 0.500. The highest BCUT2D eigenvalue weighted by Gasteiger charge is 2.16. The molecule has 0 aliphatic carbocycles. The predicted octanol–water partition coefficient (Wildman–Crippen LogP) is 1.40. The van der Waals surface area contributed by atoms with Crippen LogP contribution < -0.4 is 10.5 Å². The first-order valence-corrected chi connectivity index (χ1v) is 8.33. The second-order valence-electron chi connectivity index (χ2n) is 4.83. The van der Waals surface area contributed by atoms with E-state index in [0.717, 1.165) is 12.8 Å². The van der Waals surface area contributed by atoms with Crippen molar-refractivity contribution in [3.05, 3.63) is 29.3 Å². The van der Waals surface area contributed by atoms with Crippen molar-refractivity contribution in [2.75, 3.05) is 7.11 Å². The van der Waals surface area contributed by atoms with Crippen molar-refractivity contribution in [2.24, 2.45) is 5.14 Å². The highest BCUT2D eigenvalue weighted by Crippen LogP contribution is 2.15. The Morgan fingerprint density at radius 2 is 1.90 bits per heavy atom. The minimum Gasteiger partial charge on any atom is -0.380 e. The van der Waals surface area contributed by atoms with Crippen molar-refractivity contribution in [3.63, 3.8) is 0 Å². The number of rotatable bonds is 7. The number of nitrogens with two attached hydrogens (primary N) is 1. The maximum Gasteiger partial charge on any atom is 0.251 e. The number of sulfonamides is 1. The second-order valence-corrected chi connectivity index (χ2v) is 6.39. The molecule has 1 aromatic carbocycles. The van der Waals surface area contributed by atoms with Crippen LogP contribution in [0.5, 0.6) is 0 Å². The highest BCUT2D eigenvalue weighted by atomic mass is 32.2. The van der Waals surface area contributed by atoms with Gasteiger partial charge in [-0.3, -0.25) is 4.79 Å². The Hall–Kier alpha value is -1.44. The third kappa shape index (κ3) is 5.11. The van der Waals surface area contributed by atoms with E-state index in [1.54, 1.807) is 6.07 Å². The van der Waals surface area contributed by atoms with Gasteiger partial charge in [-0.05, 0) is 36.6 Å². The standard InChI is InChI=1S/C14H22N2O4S/c1-4-12(5-2)16-14(17)11-6-10(9-20-3)7-13(8-11)21(15,18)19/h6-8,12H,4-5,9H2,1-3H3,(H,16,17)(H2,15,18,19). The molecule has 0 aliphatic heterocycles. The average molecular weight is 314 g/mol. The van der Waals surface area contributed by atoms with E-state index in [0.29, 0.717) is 5.56 Å². The molecule has 1 rings (SSSR count). The van der Waals surface area contributed by atoms with Gasteiger partial charge in [-0.1, -0.05) is 13.8 Å².